The van der Waals surface area contributed by atoms with E-state index in [2.05, 4.69) is 49.1 Å². The Morgan fingerprint density at radius 3 is 2.83 bits per heavy atom. The van der Waals surface area contributed by atoms with Crippen LogP contribution in [0.3, 0.4) is 0 Å². The summed E-state index contributed by atoms with van der Waals surface area (Å²) >= 11 is 6.60. The number of halogens is 1. The molecular formula is C25H31ClN8O. The second-order valence-corrected chi connectivity index (χ2v) is 9.54. The molecule has 0 bridgehead atoms. The third kappa shape index (κ3) is 5.52. The van der Waals surface area contributed by atoms with E-state index in [1.165, 1.54) is 12.8 Å². The average Bonchev–Trinajstić information content (AvgIpc) is 3.47. The molecule has 1 aliphatic carbocycles. The summed E-state index contributed by atoms with van der Waals surface area (Å²) < 4.78 is 5.98. The van der Waals surface area contributed by atoms with Gasteiger partial charge in [-0.3, -0.25) is 5.10 Å². The molecule has 0 unspecified atom stereocenters. The van der Waals surface area contributed by atoms with E-state index in [1.54, 1.807) is 0 Å². The van der Waals surface area contributed by atoms with Gasteiger partial charge in [0.2, 0.25) is 0 Å². The number of benzene rings is 1. The minimum Gasteiger partial charge on any atom is -0.470 e. The van der Waals surface area contributed by atoms with Gasteiger partial charge < -0.3 is 24.8 Å². The number of aromatic amines is 2. The third-order valence-electron chi connectivity index (χ3n) is 6.42. The molecule has 3 N–H and O–H groups in total. The number of piperazine rings is 1. The van der Waals surface area contributed by atoms with E-state index in [1.807, 2.05) is 37.3 Å². The monoisotopic (exact) mass is 494 g/mol. The van der Waals surface area contributed by atoms with E-state index in [0.717, 1.165) is 60.1 Å². The maximum absolute atomic E-state index is 6.60. The highest BCUT2D eigenvalue weighted by atomic mass is 35.5. The predicted molar refractivity (Wildman–Crippen MR) is 142 cm³/mol. The maximum Gasteiger partial charge on any atom is 0.181 e. The lowest BCUT2D eigenvalue weighted by Gasteiger charge is -2.33. The topological polar surface area (TPSA) is 96.9 Å². The number of ether oxygens (including phenoxy) is 1. The summed E-state index contributed by atoms with van der Waals surface area (Å²) in [6, 6.07) is 7.89. The average molecular weight is 495 g/mol. The van der Waals surface area contributed by atoms with Crippen molar-refractivity contribution in [2.24, 2.45) is 9.98 Å². The van der Waals surface area contributed by atoms with Gasteiger partial charge in [-0.2, -0.15) is 5.10 Å². The summed E-state index contributed by atoms with van der Waals surface area (Å²) in [6.45, 7) is 9.51. The highest BCUT2D eigenvalue weighted by molar-refractivity contribution is 6.37. The van der Waals surface area contributed by atoms with Crippen molar-refractivity contribution in [3.63, 3.8) is 0 Å². The van der Waals surface area contributed by atoms with Crippen molar-refractivity contribution in [1.82, 2.24) is 25.0 Å². The molecule has 1 aromatic carbocycles. The first-order chi connectivity index (χ1) is 17.0. The second kappa shape index (κ2) is 10.1. The van der Waals surface area contributed by atoms with Crippen LogP contribution in [-0.2, 0) is 0 Å². The molecule has 2 fully saturated rings. The molecule has 2 aromatic heterocycles. The normalized spacial score (nSPS) is 17.7. The van der Waals surface area contributed by atoms with Crippen molar-refractivity contribution in [3.8, 4) is 5.75 Å². The van der Waals surface area contributed by atoms with Crippen LogP contribution in [-0.4, -0.2) is 77.5 Å². The number of aliphatic imine (C=N–C) groups is 2. The van der Waals surface area contributed by atoms with Gasteiger partial charge in [0.25, 0.3) is 0 Å². The van der Waals surface area contributed by atoms with Gasteiger partial charge in [-0.1, -0.05) is 11.6 Å². The van der Waals surface area contributed by atoms with E-state index in [0.29, 0.717) is 22.5 Å². The molecule has 1 aliphatic heterocycles. The number of amidine groups is 1. The van der Waals surface area contributed by atoms with Gasteiger partial charge in [-0.15, -0.1) is 0 Å². The Morgan fingerprint density at radius 1 is 1.29 bits per heavy atom. The quantitative estimate of drug-likeness (QED) is 0.319. The van der Waals surface area contributed by atoms with Crippen molar-refractivity contribution >= 4 is 40.9 Å². The zero-order chi connectivity index (χ0) is 24.4. The van der Waals surface area contributed by atoms with Crippen LogP contribution in [0.1, 0.15) is 30.1 Å². The molecule has 2 aliphatic rings. The van der Waals surface area contributed by atoms with Crippen LogP contribution in [0, 0.1) is 6.92 Å². The zero-order valence-electron chi connectivity index (χ0n) is 20.1. The summed E-state index contributed by atoms with van der Waals surface area (Å²) in [6.07, 6.45) is 4.32. The minimum atomic E-state index is 0.130. The number of nitrogens with zero attached hydrogens (tertiary/aromatic N) is 5. The summed E-state index contributed by atoms with van der Waals surface area (Å²) in [4.78, 5) is 16.8. The van der Waals surface area contributed by atoms with Gasteiger partial charge in [0.15, 0.2) is 12.5 Å². The Balaban J connectivity index is 1.34. The smallest absolute Gasteiger partial charge is 0.181 e. The van der Waals surface area contributed by atoms with Gasteiger partial charge >= 0.3 is 0 Å². The minimum absolute atomic E-state index is 0.130. The number of anilines is 1. The Labute approximate surface area is 209 Å². The van der Waals surface area contributed by atoms with Gasteiger partial charge in [0, 0.05) is 66.5 Å². The van der Waals surface area contributed by atoms with Crippen LogP contribution in [0.4, 0.5) is 5.82 Å². The Morgan fingerprint density at radius 2 is 2.09 bits per heavy atom. The van der Waals surface area contributed by atoms with Crippen molar-refractivity contribution in [2.75, 3.05) is 45.3 Å². The number of fused-ring (bicyclic) bond motifs is 1. The summed E-state index contributed by atoms with van der Waals surface area (Å²) in [7, 11) is 2.13. The molecule has 184 valence electrons. The molecule has 0 atom stereocenters. The second-order valence-electron chi connectivity index (χ2n) is 9.17. The first-order valence-electron chi connectivity index (χ1n) is 11.9. The Bertz CT molecular complexity index is 1260. The van der Waals surface area contributed by atoms with Gasteiger partial charge in [0.1, 0.15) is 17.4 Å². The van der Waals surface area contributed by atoms with Crippen LogP contribution in [0.2, 0.25) is 5.02 Å². The van der Waals surface area contributed by atoms with Gasteiger partial charge in [-0.05, 0) is 51.7 Å². The zero-order valence-corrected chi connectivity index (χ0v) is 20.9. The number of rotatable bonds is 8. The van der Waals surface area contributed by atoms with E-state index in [4.69, 9.17) is 21.3 Å². The number of likely N-dealkylation sites (N-methyl/N-ethyl adjacent to an activating group) is 1. The SMILES string of the molecule is C=N/C(=C\C(=N/COc1ccc2[nH]c(C)cc2c1Cl)N1CCN(C)CC1)Nc1cc(C2CC2)[nH]n1. The molecule has 5 rings (SSSR count). The fourth-order valence-corrected chi connectivity index (χ4v) is 4.49. The number of aromatic nitrogens is 3. The lowest BCUT2D eigenvalue weighted by atomic mass is 10.2. The number of hydrogen-bond acceptors (Lipinski definition) is 6. The van der Waals surface area contributed by atoms with Crippen molar-refractivity contribution < 1.29 is 4.74 Å². The molecule has 3 heterocycles. The molecule has 0 spiro atoms. The van der Waals surface area contributed by atoms with Crippen LogP contribution in [0.25, 0.3) is 10.9 Å². The molecule has 0 radical (unpaired) electrons. The number of nitrogens with one attached hydrogen (secondary N) is 3. The third-order valence-corrected chi connectivity index (χ3v) is 6.81. The molecule has 35 heavy (non-hydrogen) atoms. The molecule has 1 saturated heterocycles. The highest BCUT2D eigenvalue weighted by Gasteiger charge is 2.25. The number of H-pyrrole nitrogens is 2. The van der Waals surface area contributed by atoms with Crippen molar-refractivity contribution in [3.05, 3.63) is 52.6 Å². The standard InChI is InChI=1S/C25H31ClN8O/c1-16-12-18-19(29-16)6-7-21(25(18)26)35-15-28-24(34-10-8-33(3)9-11-34)14-22(27-2)30-23-13-20(31-32-23)17-4-5-17/h6-7,12-14,17,29H,2,4-5,8-11,15H2,1,3H3,(H2,30,31,32)/b22-14+,28-24+. The van der Waals surface area contributed by atoms with Crippen LogP contribution in [0.15, 0.2) is 46.1 Å². The first-order valence-corrected chi connectivity index (χ1v) is 12.3. The molecule has 3 aromatic rings. The van der Waals surface area contributed by atoms with Gasteiger partial charge in [0.05, 0.1) is 5.02 Å². The van der Waals surface area contributed by atoms with E-state index in [-0.39, 0.29) is 6.73 Å². The van der Waals surface area contributed by atoms with Crippen LogP contribution >= 0.6 is 11.6 Å². The van der Waals surface area contributed by atoms with E-state index >= 15 is 0 Å². The van der Waals surface area contributed by atoms with Crippen LogP contribution in [0.5, 0.6) is 5.75 Å². The molecule has 9 nitrogen and oxygen atoms in total. The Kier molecular flexibility index (Phi) is 6.79. The lowest BCUT2D eigenvalue weighted by molar-refractivity contribution is 0.214. The fraction of sp³-hybridized carbons (Fsp3) is 0.400. The lowest BCUT2D eigenvalue weighted by Crippen LogP contribution is -2.47. The van der Waals surface area contributed by atoms with E-state index < -0.39 is 0 Å². The fourth-order valence-electron chi connectivity index (χ4n) is 4.22. The highest BCUT2D eigenvalue weighted by Crippen LogP contribution is 2.39. The van der Waals surface area contributed by atoms with Crippen molar-refractivity contribution in [1.29, 1.82) is 0 Å². The number of aryl methyl sites for hydroxylation is 1. The largest absolute Gasteiger partial charge is 0.470 e. The molecule has 1 saturated carbocycles. The van der Waals surface area contributed by atoms with Crippen LogP contribution < -0.4 is 10.1 Å². The molecule has 0 amide bonds. The molecule has 10 heteroatoms. The van der Waals surface area contributed by atoms with Gasteiger partial charge in [-0.25, -0.2) is 9.98 Å². The summed E-state index contributed by atoms with van der Waals surface area (Å²) in [5.74, 6) is 3.29. The Hall–Kier alpha value is -3.30. The summed E-state index contributed by atoms with van der Waals surface area (Å²) in [5.41, 5.74) is 3.20. The first kappa shape index (κ1) is 23.4. The maximum atomic E-state index is 6.60. The van der Waals surface area contributed by atoms with Crippen molar-refractivity contribution in [2.45, 2.75) is 25.7 Å². The van der Waals surface area contributed by atoms with E-state index in [9.17, 15) is 0 Å². The predicted octanol–water partition coefficient (Wildman–Crippen LogP) is 4.37. The summed E-state index contributed by atoms with van der Waals surface area (Å²) in [5, 5.41) is 12.3. The number of hydrogen-bond donors (Lipinski definition) is 3. The molecular weight excluding hydrogens is 464 g/mol.